The number of methoxy groups -OCH3 is 1. The lowest BCUT2D eigenvalue weighted by Gasteiger charge is -2.21. The van der Waals surface area contributed by atoms with Gasteiger partial charge in [-0.05, 0) is 52.8 Å². The molecule has 0 aliphatic rings. The highest BCUT2D eigenvalue weighted by Gasteiger charge is 2.21. The Kier molecular flexibility index (Phi) is 5.17. The minimum atomic E-state index is -0.282. The Morgan fingerprint density at radius 3 is 2.54 bits per heavy atom. The van der Waals surface area contributed by atoms with E-state index in [1.54, 1.807) is 31.4 Å². The number of aryl methyl sites for hydroxylation is 1. The third-order valence-electron chi connectivity index (χ3n) is 3.49. The summed E-state index contributed by atoms with van der Waals surface area (Å²) in [7, 11) is 1.58. The van der Waals surface area contributed by atoms with E-state index in [1.807, 2.05) is 39.3 Å². The third-order valence-corrected chi connectivity index (χ3v) is 3.49. The predicted octanol–water partition coefficient (Wildman–Crippen LogP) is 3.61. The van der Waals surface area contributed by atoms with E-state index in [0.29, 0.717) is 29.5 Å². The molecular formula is C18H25N3O3. The molecule has 6 heteroatoms. The van der Waals surface area contributed by atoms with Gasteiger partial charge < -0.3 is 14.8 Å². The number of amides is 1. The number of nitrogens with zero attached hydrogens (tertiary/aromatic N) is 2. The van der Waals surface area contributed by atoms with Crippen LogP contribution in [0.15, 0.2) is 24.3 Å². The first-order chi connectivity index (χ1) is 11.3. The second-order valence-electron chi connectivity index (χ2n) is 6.50. The Bertz CT molecular complexity index is 730. The fourth-order valence-electron chi connectivity index (χ4n) is 2.47. The molecule has 1 N–H and O–H groups in total. The molecule has 1 heterocycles. The lowest BCUT2D eigenvalue weighted by Crippen LogP contribution is -2.25. The van der Waals surface area contributed by atoms with Crippen molar-refractivity contribution in [3.8, 4) is 11.5 Å². The number of hydrogen-bond donors (Lipinski definition) is 1. The van der Waals surface area contributed by atoms with Gasteiger partial charge in [-0.3, -0.25) is 9.48 Å². The molecule has 0 bridgehead atoms. The summed E-state index contributed by atoms with van der Waals surface area (Å²) in [6.45, 7) is 10.5. The van der Waals surface area contributed by atoms with Crippen LogP contribution in [0.3, 0.4) is 0 Å². The Morgan fingerprint density at radius 1 is 1.29 bits per heavy atom. The van der Waals surface area contributed by atoms with Gasteiger partial charge in [0.05, 0.1) is 24.9 Å². The van der Waals surface area contributed by atoms with Crippen molar-refractivity contribution >= 4 is 11.6 Å². The number of anilines is 1. The molecule has 0 saturated heterocycles. The lowest BCUT2D eigenvalue weighted by atomic mass is 10.1. The van der Waals surface area contributed by atoms with E-state index in [4.69, 9.17) is 9.47 Å². The van der Waals surface area contributed by atoms with Crippen molar-refractivity contribution in [2.75, 3.05) is 19.0 Å². The van der Waals surface area contributed by atoms with Crippen LogP contribution < -0.4 is 14.8 Å². The van der Waals surface area contributed by atoms with Crippen molar-refractivity contribution in [1.29, 1.82) is 0 Å². The first-order valence-corrected chi connectivity index (χ1v) is 7.95. The Hall–Kier alpha value is -2.50. The first-order valence-electron chi connectivity index (χ1n) is 7.95. The van der Waals surface area contributed by atoms with Gasteiger partial charge in [0.15, 0.2) is 5.69 Å². The zero-order valence-corrected chi connectivity index (χ0v) is 15.1. The molecular weight excluding hydrogens is 306 g/mol. The van der Waals surface area contributed by atoms with Gasteiger partial charge in [-0.1, -0.05) is 0 Å². The standard InChI is InChI=1S/C18H25N3O3/c1-7-24-16-9-8-13(23-6)11-14(16)19-17(22)15-10-12(2)21(20-15)18(3,4)5/h8-11H,7H2,1-6H3,(H,19,22). The third kappa shape index (κ3) is 3.88. The zero-order chi connectivity index (χ0) is 17.9. The summed E-state index contributed by atoms with van der Waals surface area (Å²) < 4.78 is 12.6. The van der Waals surface area contributed by atoms with Crippen molar-refractivity contribution in [3.63, 3.8) is 0 Å². The zero-order valence-electron chi connectivity index (χ0n) is 15.1. The molecule has 6 nitrogen and oxygen atoms in total. The van der Waals surface area contributed by atoms with Crippen LogP contribution in [0.4, 0.5) is 5.69 Å². The van der Waals surface area contributed by atoms with Crippen molar-refractivity contribution in [2.24, 2.45) is 0 Å². The van der Waals surface area contributed by atoms with Crippen LogP contribution in [0.2, 0.25) is 0 Å². The highest BCUT2D eigenvalue weighted by Crippen LogP contribution is 2.29. The predicted molar refractivity (Wildman–Crippen MR) is 94.1 cm³/mol. The van der Waals surface area contributed by atoms with Gasteiger partial charge in [0, 0.05) is 11.8 Å². The number of carbonyl (C=O) groups excluding carboxylic acids is 1. The Morgan fingerprint density at radius 2 is 2.00 bits per heavy atom. The fraction of sp³-hybridized carbons (Fsp3) is 0.444. The summed E-state index contributed by atoms with van der Waals surface area (Å²) >= 11 is 0. The molecule has 0 spiro atoms. The van der Waals surface area contributed by atoms with E-state index in [1.165, 1.54) is 0 Å². The van der Waals surface area contributed by atoms with Gasteiger partial charge >= 0.3 is 0 Å². The van der Waals surface area contributed by atoms with Crippen LogP contribution in [-0.2, 0) is 5.54 Å². The molecule has 1 aromatic heterocycles. The molecule has 0 unspecified atom stereocenters. The molecule has 2 aromatic rings. The number of carbonyl (C=O) groups is 1. The number of benzene rings is 1. The molecule has 130 valence electrons. The normalized spacial score (nSPS) is 11.2. The van der Waals surface area contributed by atoms with Gasteiger partial charge in [0.1, 0.15) is 11.5 Å². The molecule has 0 fully saturated rings. The van der Waals surface area contributed by atoms with Gasteiger partial charge in [-0.2, -0.15) is 5.10 Å². The monoisotopic (exact) mass is 331 g/mol. The summed E-state index contributed by atoms with van der Waals surface area (Å²) in [5.41, 5.74) is 1.68. The molecule has 24 heavy (non-hydrogen) atoms. The van der Waals surface area contributed by atoms with Crippen molar-refractivity contribution in [2.45, 2.75) is 40.2 Å². The quantitative estimate of drug-likeness (QED) is 0.909. The molecule has 0 aliphatic heterocycles. The number of nitrogens with one attached hydrogen (secondary N) is 1. The molecule has 1 aromatic carbocycles. The summed E-state index contributed by atoms with van der Waals surface area (Å²) in [4.78, 5) is 12.6. The second kappa shape index (κ2) is 6.95. The van der Waals surface area contributed by atoms with E-state index in [2.05, 4.69) is 10.4 Å². The van der Waals surface area contributed by atoms with Crippen LogP contribution in [0.5, 0.6) is 11.5 Å². The molecule has 2 rings (SSSR count). The number of hydrogen-bond acceptors (Lipinski definition) is 4. The molecule has 0 saturated carbocycles. The number of rotatable bonds is 5. The van der Waals surface area contributed by atoms with E-state index < -0.39 is 0 Å². The summed E-state index contributed by atoms with van der Waals surface area (Å²) in [5.74, 6) is 0.957. The van der Waals surface area contributed by atoms with Gasteiger partial charge in [0.2, 0.25) is 0 Å². The maximum Gasteiger partial charge on any atom is 0.276 e. The van der Waals surface area contributed by atoms with Crippen LogP contribution in [0.25, 0.3) is 0 Å². The average Bonchev–Trinajstić information content (AvgIpc) is 2.91. The summed E-state index contributed by atoms with van der Waals surface area (Å²) in [6, 6.07) is 7.08. The highest BCUT2D eigenvalue weighted by molar-refractivity contribution is 6.03. The van der Waals surface area contributed by atoms with Crippen molar-refractivity contribution in [1.82, 2.24) is 9.78 Å². The van der Waals surface area contributed by atoms with Gasteiger partial charge in [-0.15, -0.1) is 0 Å². The largest absolute Gasteiger partial charge is 0.497 e. The van der Waals surface area contributed by atoms with E-state index in [-0.39, 0.29) is 11.4 Å². The minimum Gasteiger partial charge on any atom is -0.497 e. The Labute approximate surface area is 142 Å². The second-order valence-corrected chi connectivity index (χ2v) is 6.50. The van der Waals surface area contributed by atoms with E-state index >= 15 is 0 Å². The number of aromatic nitrogens is 2. The topological polar surface area (TPSA) is 65.4 Å². The molecule has 0 aliphatic carbocycles. The van der Waals surface area contributed by atoms with Gasteiger partial charge in [0.25, 0.3) is 5.91 Å². The SMILES string of the molecule is CCOc1ccc(OC)cc1NC(=O)c1cc(C)n(C(C)(C)C)n1. The smallest absolute Gasteiger partial charge is 0.276 e. The van der Waals surface area contributed by atoms with Crippen LogP contribution in [-0.4, -0.2) is 29.4 Å². The highest BCUT2D eigenvalue weighted by atomic mass is 16.5. The fourth-order valence-corrected chi connectivity index (χ4v) is 2.47. The van der Waals surface area contributed by atoms with Crippen LogP contribution in [0, 0.1) is 6.92 Å². The summed E-state index contributed by atoms with van der Waals surface area (Å²) in [5, 5.41) is 7.29. The van der Waals surface area contributed by atoms with Crippen molar-refractivity contribution < 1.29 is 14.3 Å². The van der Waals surface area contributed by atoms with Crippen LogP contribution >= 0.6 is 0 Å². The lowest BCUT2D eigenvalue weighted by molar-refractivity contribution is 0.102. The van der Waals surface area contributed by atoms with Crippen molar-refractivity contribution in [3.05, 3.63) is 35.7 Å². The molecule has 0 radical (unpaired) electrons. The molecule has 1 amide bonds. The maximum atomic E-state index is 12.6. The Balaban J connectivity index is 2.29. The summed E-state index contributed by atoms with van der Waals surface area (Å²) in [6.07, 6.45) is 0. The number of ether oxygens (including phenoxy) is 2. The van der Waals surface area contributed by atoms with E-state index in [9.17, 15) is 4.79 Å². The van der Waals surface area contributed by atoms with Gasteiger partial charge in [-0.25, -0.2) is 0 Å². The molecule has 0 atom stereocenters. The average molecular weight is 331 g/mol. The maximum absolute atomic E-state index is 12.6. The first kappa shape index (κ1) is 17.8. The van der Waals surface area contributed by atoms with E-state index in [0.717, 1.165) is 5.69 Å². The minimum absolute atomic E-state index is 0.185. The van der Waals surface area contributed by atoms with Crippen LogP contribution in [0.1, 0.15) is 43.9 Å².